The van der Waals surface area contributed by atoms with Crippen molar-refractivity contribution in [1.82, 2.24) is 10.2 Å². The summed E-state index contributed by atoms with van der Waals surface area (Å²) < 4.78 is 12.0. The van der Waals surface area contributed by atoms with E-state index in [-0.39, 0.29) is 18.2 Å². The maximum absolute atomic E-state index is 12.5. The average Bonchev–Trinajstić information content (AvgIpc) is 3.22. The van der Waals surface area contributed by atoms with E-state index < -0.39 is 5.60 Å². The van der Waals surface area contributed by atoms with Gasteiger partial charge >= 0.3 is 6.09 Å². The summed E-state index contributed by atoms with van der Waals surface area (Å²) in [7, 11) is 1.67. The molecule has 0 aromatic heterocycles. The molecule has 0 aliphatic carbocycles. The van der Waals surface area contributed by atoms with Crippen LogP contribution < -0.4 is 10.1 Å². The number of rotatable bonds is 3. The predicted molar refractivity (Wildman–Crippen MR) is 105 cm³/mol. The van der Waals surface area contributed by atoms with Crippen LogP contribution in [0.15, 0.2) is 27.7 Å². The first-order valence-corrected chi connectivity index (χ1v) is 9.72. The van der Waals surface area contributed by atoms with Crippen LogP contribution >= 0.6 is 15.9 Å². The van der Waals surface area contributed by atoms with Gasteiger partial charge in [-0.25, -0.2) is 4.79 Å². The van der Waals surface area contributed by atoms with Crippen LogP contribution in [0, 0.1) is 0 Å². The number of carbonyl (C=O) groups is 1. The van der Waals surface area contributed by atoms with Crippen molar-refractivity contribution in [3.8, 4) is 5.75 Å². The zero-order valence-electron chi connectivity index (χ0n) is 15.7. The second kappa shape index (κ2) is 7.47. The Labute approximate surface area is 163 Å². The molecule has 1 aromatic rings. The fraction of sp³-hybridized carbons (Fsp3) is 0.579. The average molecular weight is 424 g/mol. The number of amidine groups is 1. The number of carbonyl (C=O) groups excluding carboxylic acids is 1. The second-order valence-corrected chi connectivity index (χ2v) is 8.54. The number of nitrogens with one attached hydrogen (secondary N) is 1. The van der Waals surface area contributed by atoms with Crippen LogP contribution in [0.2, 0.25) is 0 Å². The molecular formula is C19H26BrN3O3. The number of benzene rings is 1. The minimum absolute atomic E-state index is 0.0291. The standard InChI is InChI=1S/C19H26BrN3O3/c1-19(2,3)26-18(24)23-9-5-6-15(23)17-21-11-14(22-17)13-10-12(20)7-8-16(13)25-4/h7-8,10,14-15H,5-6,9,11H2,1-4H3,(H,21,22)/t14?,15-/m0/s1. The van der Waals surface area contributed by atoms with E-state index in [1.54, 1.807) is 12.0 Å². The first-order valence-electron chi connectivity index (χ1n) is 8.93. The fourth-order valence-corrected chi connectivity index (χ4v) is 3.78. The molecule has 1 amide bonds. The molecule has 0 bridgehead atoms. The van der Waals surface area contributed by atoms with Crippen LogP contribution in [0.1, 0.15) is 45.2 Å². The number of aliphatic imine (C=N–C) groups is 1. The molecule has 1 fully saturated rings. The first kappa shape index (κ1) is 19.0. The van der Waals surface area contributed by atoms with Gasteiger partial charge in [-0.2, -0.15) is 0 Å². The van der Waals surface area contributed by atoms with E-state index in [9.17, 15) is 4.79 Å². The van der Waals surface area contributed by atoms with Crippen LogP contribution in [-0.4, -0.2) is 48.7 Å². The third-order valence-electron chi connectivity index (χ3n) is 4.52. The largest absolute Gasteiger partial charge is 0.496 e. The maximum atomic E-state index is 12.5. The van der Waals surface area contributed by atoms with Crippen molar-refractivity contribution < 1.29 is 14.3 Å². The molecule has 2 atom stereocenters. The molecule has 2 aliphatic rings. The van der Waals surface area contributed by atoms with E-state index >= 15 is 0 Å². The third-order valence-corrected chi connectivity index (χ3v) is 5.01. The van der Waals surface area contributed by atoms with Crippen LogP contribution in [0.3, 0.4) is 0 Å². The summed E-state index contributed by atoms with van der Waals surface area (Å²) in [4.78, 5) is 19.2. The Kier molecular flexibility index (Phi) is 5.46. The van der Waals surface area contributed by atoms with Gasteiger partial charge in [-0.1, -0.05) is 15.9 Å². The minimum atomic E-state index is -0.499. The molecule has 0 spiro atoms. The Morgan fingerprint density at radius 3 is 2.85 bits per heavy atom. The zero-order chi connectivity index (χ0) is 18.9. The van der Waals surface area contributed by atoms with Crippen molar-refractivity contribution in [2.24, 2.45) is 4.99 Å². The van der Waals surface area contributed by atoms with Crippen LogP contribution in [0.4, 0.5) is 4.79 Å². The lowest BCUT2D eigenvalue weighted by molar-refractivity contribution is 0.0264. The van der Waals surface area contributed by atoms with Crippen molar-refractivity contribution in [1.29, 1.82) is 0 Å². The zero-order valence-corrected chi connectivity index (χ0v) is 17.3. The number of likely N-dealkylation sites (tertiary alicyclic amines) is 1. The SMILES string of the molecule is COc1ccc(Br)cc1C1CNC([C@@H]2CCCN2C(=O)OC(C)(C)C)=N1. The number of hydrogen-bond donors (Lipinski definition) is 1. The number of halogens is 1. The molecule has 3 rings (SSSR count). The van der Waals surface area contributed by atoms with Crippen molar-refractivity contribution >= 4 is 27.9 Å². The molecule has 6 nitrogen and oxygen atoms in total. The highest BCUT2D eigenvalue weighted by atomic mass is 79.9. The number of nitrogens with zero attached hydrogens (tertiary/aromatic N) is 2. The van der Waals surface area contributed by atoms with Gasteiger partial charge in [0.05, 0.1) is 19.2 Å². The normalized spacial score (nSPS) is 22.8. The third kappa shape index (κ3) is 4.14. The number of amides is 1. The van der Waals surface area contributed by atoms with Gasteiger partial charge < -0.3 is 14.8 Å². The predicted octanol–water partition coefficient (Wildman–Crippen LogP) is 3.90. The number of hydrogen-bond acceptors (Lipinski definition) is 5. The van der Waals surface area contributed by atoms with Gasteiger partial charge in [-0.3, -0.25) is 9.89 Å². The van der Waals surface area contributed by atoms with Gasteiger partial charge in [0.25, 0.3) is 0 Å². The molecule has 142 valence electrons. The summed E-state index contributed by atoms with van der Waals surface area (Å²) in [6.45, 7) is 7.05. The Morgan fingerprint density at radius 2 is 2.15 bits per heavy atom. The van der Waals surface area contributed by atoms with Crippen LogP contribution in [0.25, 0.3) is 0 Å². The van der Waals surface area contributed by atoms with E-state index in [1.807, 2.05) is 39.0 Å². The molecular weight excluding hydrogens is 398 g/mol. The number of ether oxygens (including phenoxy) is 2. The Morgan fingerprint density at radius 1 is 1.38 bits per heavy atom. The molecule has 0 radical (unpaired) electrons. The van der Waals surface area contributed by atoms with Gasteiger partial charge in [-0.05, 0) is 51.8 Å². The summed E-state index contributed by atoms with van der Waals surface area (Å²) in [5.74, 6) is 1.68. The highest BCUT2D eigenvalue weighted by Gasteiger charge is 2.37. The topological polar surface area (TPSA) is 63.2 Å². The Bertz CT molecular complexity index is 714. The molecule has 2 heterocycles. The van der Waals surface area contributed by atoms with Crippen molar-refractivity contribution in [2.75, 3.05) is 20.2 Å². The molecule has 7 heteroatoms. The summed E-state index contributed by atoms with van der Waals surface area (Å²) in [5.41, 5.74) is 0.535. The van der Waals surface area contributed by atoms with E-state index in [0.29, 0.717) is 13.1 Å². The lowest BCUT2D eigenvalue weighted by atomic mass is 10.1. The molecule has 1 unspecified atom stereocenters. The van der Waals surface area contributed by atoms with Gasteiger partial charge in [0, 0.05) is 23.1 Å². The molecule has 26 heavy (non-hydrogen) atoms. The van der Waals surface area contributed by atoms with Crippen molar-refractivity contribution in [3.05, 3.63) is 28.2 Å². The molecule has 0 saturated carbocycles. The summed E-state index contributed by atoms with van der Waals surface area (Å²) in [6.07, 6.45) is 1.58. The summed E-state index contributed by atoms with van der Waals surface area (Å²) in [6, 6.07) is 5.86. The smallest absolute Gasteiger partial charge is 0.410 e. The van der Waals surface area contributed by atoms with Gasteiger partial charge in [-0.15, -0.1) is 0 Å². The van der Waals surface area contributed by atoms with E-state index in [0.717, 1.165) is 34.5 Å². The minimum Gasteiger partial charge on any atom is -0.496 e. The maximum Gasteiger partial charge on any atom is 0.410 e. The quantitative estimate of drug-likeness (QED) is 0.800. The van der Waals surface area contributed by atoms with Crippen molar-refractivity contribution in [3.63, 3.8) is 0 Å². The summed E-state index contributed by atoms with van der Waals surface area (Å²) in [5, 5.41) is 3.40. The highest BCUT2D eigenvalue weighted by Crippen LogP contribution is 2.33. The van der Waals surface area contributed by atoms with Gasteiger partial charge in [0.1, 0.15) is 17.2 Å². The van der Waals surface area contributed by atoms with E-state index in [2.05, 4.69) is 21.2 Å². The van der Waals surface area contributed by atoms with E-state index in [4.69, 9.17) is 14.5 Å². The second-order valence-electron chi connectivity index (χ2n) is 7.63. The first-order chi connectivity index (χ1) is 12.3. The fourth-order valence-electron chi connectivity index (χ4n) is 3.40. The van der Waals surface area contributed by atoms with Gasteiger partial charge in [0.2, 0.25) is 0 Å². The van der Waals surface area contributed by atoms with Crippen molar-refractivity contribution in [2.45, 2.75) is 51.3 Å². The lowest BCUT2D eigenvalue weighted by Gasteiger charge is -2.28. The van der Waals surface area contributed by atoms with E-state index in [1.165, 1.54) is 0 Å². The Balaban J connectivity index is 1.79. The van der Waals surface area contributed by atoms with Crippen LogP contribution in [-0.2, 0) is 4.74 Å². The molecule has 1 N–H and O–H groups in total. The summed E-state index contributed by atoms with van der Waals surface area (Å²) >= 11 is 3.52. The molecule has 1 saturated heterocycles. The lowest BCUT2D eigenvalue weighted by Crippen LogP contribution is -2.46. The van der Waals surface area contributed by atoms with Crippen LogP contribution in [0.5, 0.6) is 5.75 Å². The van der Waals surface area contributed by atoms with Gasteiger partial charge in [0.15, 0.2) is 0 Å². The monoisotopic (exact) mass is 423 g/mol. The molecule has 1 aromatic carbocycles. The Hall–Kier alpha value is -1.76. The molecule has 2 aliphatic heterocycles. The number of methoxy groups -OCH3 is 1. The highest BCUT2D eigenvalue weighted by molar-refractivity contribution is 9.10.